The summed E-state index contributed by atoms with van der Waals surface area (Å²) in [6, 6.07) is 9.82. The minimum Gasteiger partial charge on any atom is -0.379 e. The van der Waals surface area contributed by atoms with Crippen LogP contribution < -0.4 is 10.6 Å². The van der Waals surface area contributed by atoms with Gasteiger partial charge in [-0.3, -0.25) is 14.5 Å². The van der Waals surface area contributed by atoms with E-state index in [0.717, 1.165) is 13.1 Å². The van der Waals surface area contributed by atoms with Gasteiger partial charge in [0, 0.05) is 35.1 Å². The van der Waals surface area contributed by atoms with E-state index in [2.05, 4.69) is 34.6 Å². The van der Waals surface area contributed by atoms with Crippen LogP contribution in [0.25, 0.3) is 0 Å². The van der Waals surface area contributed by atoms with Gasteiger partial charge in [-0.15, -0.1) is 11.3 Å². The maximum Gasteiger partial charge on any atom is 0.240 e. The van der Waals surface area contributed by atoms with E-state index in [4.69, 9.17) is 4.74 Å². The van der Waals surface area contributed by atoms with Crippen LogP contribution in [0.5, 0.6) is 0 Å². The zero-order valence-electron chi connectivity index (χ0n) is 16.9. The highest BCUT2D eigenvalue weighted by Crippen LogP contribution is 2.47. The van der Waals surface area contributed by atoms with E-state index < -0.39 is 5.41 Å². The summed E-state index contributed by atoms with van der Waals surface area (Å²) in [4.78, 5) is 30.5. The first-order valence-electron chi connectivity index (χ1n) is 10.2. The van der Waals surface area contributed by atoms with Crippen molar-refractivity contribution in [3.05, 3.63) is 52.0 Å². The molecule has 1 aromatic carbocycles. The molecular weight excluding hydrogens is 405 g/mol. The molecule has 2 N–H and O–H groups in total. The minimum atomic E-state index is -1.03. The number of aryl methyl sites for hydroxylation is 1. The first kappa shape index (κ1) is 21.0. The number of carbonyl (C=O) groups excluding carboxylic acids is 2. The second kappa shape index (κ2) is 8.83. The number of hydrogen-bond donors (Lipinski definition) is 2. The Labute approximate surface area is 179 Å². The van der Waals surface area contributed by atoms with Gasteiger partial charge in [-0.05, 0) is 56.2 Å². The van der Waals surface area contributed by atoms with E-state index in [9.17, 15) is 14.0 Å². The molecule has 0 radical (unpaired) electrons. The number of morpholine rings is 1. The van der Waals surface area contributed by atoms with Gasteiger partial charge in [-0.2, -0.15) is 0 Å². The van der Waals surface area contributed by atoms with Crippen molar-refractivity contribution >= 4 is 28.8 Å². The molecule has 0 spiro atoms. The van der Waals surface area contributed by atoms with E-state index in [1.807, 2.05) is 0 Å². The van der Waals surface area contributed by atoms with Crippen molar-refractivity contribution in [2.75, 3.05) is 38.2 Å². The largest absolute Gasteiger partial charge is 0.379 e. The lowest BCUT2D eigenvalue weighted by molar-refractivity contribution is -0.134. The Morgan fingerprint density at radius 1 is 1.13 bits per heavy atom. The molecule has 8 heteroatoms. The van der Waals surface area contributed by atoms with Crippen LogP contribution in [0.4, 0.5) is 10.1 Å². The van der Waals surface area contributed by atoms with Crippen molar-refractivity contribution < 1.29 is 18.7 Å². The molecular formula is C22H26FN3O3S. The van der Waals surface area contributed by atoms with Gasteiger partial charge in [0.25, 0.3) is 0 Å². The molecule has 30 heavy (non-hydrogen) atoms. The van der Waals surface area contributed by atoms with E-state index in [1.165, 1.54) is 34.0 Å². The topological polar surface area (TPSA) is 70.7 Å². The first-order chi connectivity index (χ1) is 14.5. The third-order valence-electron chi connectivity index (χ3n) is 5.75. The number of amides is 2. The van der Waals surface area contributed by atoms with Gasteiger partial charge in [-0.25, -0.2) is 4.39 Å². The highest BCUT2D eigenvalue weighted by molar-refractivity contribution is 7.12. The average molecular weight is 432 g/mol. The van der Waals surface area contributed by atoms with Gasteiger partial charge < -0.3 is 15.4 Å². The minimum absolute atomic E-state index is 0.0625. The molecule has 1 saturated heterocycles. The molecule has 6 nitrogen and oxygen atoms in total. The molecule has 1 saturated carbocycles. The summed E-state index contributed by atoms with van der Waals surface area (Å²) in [5.41, 5.74) is -0.546. The molecule has 2 amide bonds. The Morgan fingerprint density at radius 2 is 1.83 bits per heavy atom. The summed E-state index contributed by atoms with van der Waals surface area (Å²) in [6.07, 6.45) is 1.04. The molecule has 2 heterocycles. The number of rotatable bonds is 7. The predicted molar refractivity (Wildman–Crippen MR) is 114 cm³/mol. The third-order valence-corrected chi connectivity index (χ3v) is 6.86. The van der Waals surface area contributed by atoms with Gasteiger partial charge in [0.15, 0.2) is 0 Å². The van der Waals surface area contributed by atoms with Crippen molar-refractivity contribution in [3.63, 3.8) is 0 Å². The summed E-state index contributed by atoms with van der Waals surface area (Å²) in [5.74, 6) is -0.944. The molecule has 0 bridgehead atoms. The van der Waals surface area contributed by atoms with Crippen LogP contribution in [0.2, 0.25) is 0 Å². The molecule has 0 unspecified atom stereocenters. The SMILES string of the molecule is Cc1ccc([C@@H](CNC(=O)C2(C(=O)Nc3ccc(F)cc3)CC2)N2CCOCC2)s1. The molecule has 1 aromatic heterocycles. The summed E-state index contributed by atoms with van der Waals surface area (Å²) < 4.78 is 18.6. The molecule has 1 aliphatic carbocycles. The monoisotopic (exact) mass is 431 g/mol. The number of ether oxygens (including phenoxy) is 1. The zero-order chi connectivity index (χ0) is 21.1. The number of halogens is 1. The second-order valence-corrected chi connectivity index (χ2v) is 9.19. The normalized spacial score (nSPS) is 19.1. The van der Waals surface area contributed by atoms with Crippen molar-refractivity contribution in [3.8, 4) is 0 Å². The van der Waals surface area contributed by atoms with Crippen LogP contribution in [0.15, 0.2) is 36.4 Å². The van der Waals surface area contributed by atoms with Crippen LogP contribution >= 0.6 is 11.3 Å². The fourth-order valence-electron chi connectivity index (χ4n) is 3.76. The van der Waals surface area contributed by atoms with E-state index in [1.54, 1.807) is 11.3 Å². The Bertz CT molecular complexity index is 905. The standard InChI is InChI=1S/C22H26FN3O3S/c1-15-2-7-19(30-15)18(26-10-12-29-13-11-26)14-24-20(27)22(8-9-22)21(28)25-17-5-3-16(23)4-6-17/h2-7,18H,8-14H2,1H3,(H,24,27)(H,25,28)/t18-/m1/s1. The van der Waals surface area contributed by atoms with Crippen molar-refractivity contribution in [1.82, 2.24) is 10.2 Å². The predicted octanol–water partition coefficient (Wildman–Crippen LogP) is 3.10. The lowest BCUT2D eigenvalue weighted by atomic mass is 10.0. The quantitative estimate of drug-likeness (QED) is 0.661. The van der Waals surface area contributed by atoms with Crippen LogP contribution in [-0.2, 0) is 14.3 Å². The van der Waals surface area contributed by atoms with E-state index in [0.29, 0.717) is 38.3 Å². The second-order valence-electron chi connectivity index (χ2n) is 7.87. The van der Waals surface area contributed by atoms with Gasteiger partial charge >= 0.3 is 0 Å². The van der Waals surface area contributed by atoms with Gasteiger partial charge in [0.05, 0.1) is 19.3 Å². The van der Waals surface area contributed by atoms with Gasteiger partial charge in [-0.1, -0.05) is 0 Å². The number of anilines is 1. The van der Waals surface area contributed by atoms with Crippen molar-refractivity contribution in [1.29, 1.82) is 0 Å². The molecule has 2 aromatic rings. The zero-order valence-corrected chi connectivity index (χ0v) is 17.8. The summed E-state index contributed by atoms with van der Waals surface area (Å²) in [7, 11) is 0. The first-order valence-corrected chi connectivity index (χ1v) is 11.0. The maximum absolute atomic E-state index is 13.1. The molecule has 4 rings (SSSR count). The highest BCUT2D eigenvalue weighted by atomic mass is 32.1. The average Bonchev–Trinajstić information content (AvgIpc) is 3.47. The molecule has 2 aliphatic rings. The van der Waals surface area contributed by atoms with Gasteiger partial charge in [0.1, 0.15) is 11.2 Å². The number of thiophene rings is 1. The fourth-order valence-corrected chi connectivity index (χ4v) is 4.77. The fraction of sp³-hybridized carbons (Fsp3) is 0.455. The number of carbonyl (C=O) groups is 2. The lowest BCUT2D eigenvalue weighted by Gasteiger charge is -2.34. The third kappa shape index (κ3) is 4.55. The molecule has 1 atom stereocenters. The Balaban J connectivity index is 1.41. The van der Waals surface area contributed by atoms with Crippen LogP contribution in [0, 0.1) is 18.2 Å². The summed E-state index contributed by atoms with van der Waals surface area (Å²) in [6.45, 7) is 5.51. The van der Waals surface area contributed by atoms with Crippen molar-refractivity contribution in [2.45, 2.75) is 25.8 Å². The number of nitrogens with zero attached hydrogens (tertiary/aromatic N) is 1. The van der Waals surface area contributed by atoms with E-state index in [-0.39, 0.29) is 23.7 Å². The van der Waals surface area contributed by atoms with Crippen LogP contribution in [-0.4, -0.2) is 49.6 Å². The number of hydrogen-bond acceptors (Lipinski definition) is 5. The summed E-state index contributed by atoms with van der Waals surface area (Å²) >= 11 is 1.73. The molecule has 1 aliphatic heterocycles. The van der Waals surface area contributed by atoms with Crippen LogP contribution in [0.3, 0.4) is 0 Å². The van der Waals surface area contributed by atoms with Gasteiger partial charge in [0.2, 0.25) is 11.8 Å². The Kier molecular flexibility index (Phi) is 6.17. The number of benzene rings is 1. The summed E-state index contributed by atoms with van der Waals surface area (Å²) in [5, 5.41) is 5.78. The Hall–Kier alpha value is -2.29. The lowest BCUT2D eigenvalue weighted by Crippen LogP contribution is -2.46. The molecule has 160 valence electrons. The smallest absolute Gasteiger partial charge is 0.240 e. The number of nitrogens with one attached hydrogen (secondary N) is 2. The van der Waals surface area contributed by atoms with Crippen molar-refractivity contribution in [2.24, 2.45) is 5.41 Å². The highest BCUT2D eigenvalue weighted by Gasteiger charge is 2.56. The maximum atomic E-state index is 13.1. The van der Waals surface area contributed by atoms with Crippen LogP contribution in [0.1, 0.15) is 28.6 Å². The Morgan fingerprint density at radius 3 is 2.43 bits per heavy atom. The van der Waals surface area contributed by atoms with E-state index >= 15 is 0 Å². The molecule has 2 fully saturated rings.